The van der Waals surface area contributed by atoms with Crippen molar-refractivity contribution >= 4 is 11.8 Å². The second-order valence-corrected chi connectivity index (χ2v) is 7.69. The number of benzene rings is 1. The van der Waals surface area contributed by atoms with E-state index in [1.807, 2.05) is 18.2 Å². The molecule has 1 saturated carbocycles. The van der Waals surface area contributed by atoms with Gasteiger partial charge in [-0.15, -0.1) is 0 Å². The fourth-order valence-corrected chi connectivity index (χ4v) is 4.14. The van der Waals surface area contributed by atoms with Crippen LogP contribution < -0.4 is 5.73 Å². The molecule has 1 heterocycles. The molecular weight excluding hydrogens is 330 g/mol. The summed E-state index contributed by atoms with van der Waals surface area (Å²) in [6.07, 6.45) is 4.43. The van der Waals surface area contributed by atoms with Crippen molar-refractivity contribution in [3.05, 3.63) is 35.9 Å². The second-order valence-electron chi connectivity index (χ2n) is 7.69. The van der Waals surface area contributed by atoms with Crippen molar-refractivity contribution in [3.8, 4) is 0 Å². The number of amides is 2. The maximum Gasteiger partial charge on any atom is 0.241 e. The summed E-state index contributed by atoms with van der Waals surface area (Å²) in [7, 11) is 0. The highest BCUT2D eigenvalue weighted by Gasteiger charge is 2.38. The van der Waals surface area contributed by atoms with Crippen LogP contribution in [0.5, 0.6) is 0 Å². The number of hydrogen-bond donors (Lipinski definition) is 2. The number of carbonyl (C=O) groups is 2. The van der Waals surface area contributed by atoms with Crippen molar-refractivity contribution in [1.29, 1.82) is 0 Å². The average molecular weight is 359 g/mol. The first-order chi connectivity index (χ1) is 12.5. The minimum atomic E-state index is -0.918. The second kappa shape index (κ2) is 8.18. The van der Waals surface area contributed by atoms with Crippen molar-refractivity contribution in [1.82, 2.24) is 9.80 Å². The maximum absolute atomic E-state index is 12.8. The zero-order valence-electron chi connectivity index (χ0n) is 15.3. The van der Waals surface area contributed by atoms with Crippen LogP contribution in [0.3, 0.4) is 0 Å². The molecule has 6 nitrogen and oxygen atoms in total. The molecule has 1 aliphatic heterocycles. The Kier molecular flexibility index (Phi) is 5.94. The molecule has 0 aromatic heterocycles. The molecular formula is C20H29N3O3. The highest BCUT2D eigenvalue weighted by molar-refractivity contribution is 5.87. The van der Waals surface area contributed by atoms with E-state index in [-0.39, 0.29) is 12.3 Å². The van der Waals surface area contributed by atoms with E-state index in [2.05, 4.69) is 17.0 Å². The molecule has 2 aliphatic rings. The van der Waals surface area contributed by atoms with E-state index in [0.717, 1.165) is 25.8 Å². The van der Waals surface area contributed by atoms with E-state index in [0.29, 0.717) is 32.5 Å². The van der Waals surface area contributed by atoms with Crippen LogP contribution in [-0.2, 0) is 16.1 Å². The SMILES string of the molecule is NC(=O)C1CN(Cc2ccccc2)CCN1C(=O)CC1(O)CCCCC1. The Bertz CT molecular complexity index is 628. The molecule has 2 fully saturated rings. The van der Waals surface area contributed by atoms with E-state index < -0.39 is 17.6 Å². The lowest BCUT2D eigenvalue weighted by Crippen LogP contribution is -2.60. The predicted octanol–water partition coefficient (Wildman–Crippen LogP) is 1.27. The summed E-state index contributed by atoms with van der Waals surface area (Å²) in [4.78, 5) is 28.5. The van der Waals surface area contributed by atoms with Gasteiger partial charge in [0.1, 0.15) is 6.04 Å². The summed E-state index contributed by atoms with van der Waals surface area (Å²) in [6.45, 7) is 2.34. The van der Waals surface area contributed by atoms with Crippen molar-refractivity contribution in [2.24, 2.45) is 5.73 Å². The standard InChI is InChI=1S/C20H29N3O3/c21-19(25)17-15-22(14-16-7-3-1-4-8-16)11-12-23(17)18(24)13-20(26)9-5-2-6-10-20/h1,3-4,7-8,17,26H,2,5-6,9-15H2,(H2,21,25). The Morgan fingerprint density at radius 3 is 2.46 bits per heavy atom. The molecule has 1 atom stereocenters. The summed E-state index contributed by atoms with van der Waals surface area (Å²) in [5, 5.41) is 10.7. The number of carbonyl (C=O) groups excluding carboxylic acids is 2. The molecule has 3 rings (SSSR count). The topological polar surface area (TPSA) is 86.9 Å². The lowest BCUT2D eigenvalue weighted by molar-refractivity contribution is -0.148. The summed E-state index contributed by atoms with van der Waals surface area (Å²) in [5.74, 6) is -0.635. The maximum atomic E-state index is 12.8. The Balaban J connectivity index is 1.63. The Morgan fingerprint density at radius 1 is 1.12 bits per heavy atom. The van der Waals surface area contributed by atoms with E-state index in [4.69, 9.17) is 5.73 Å². The van der Waals surface area contributed by atoms with Crippen LogP contribution >= 0.6 is 0 Å². The normalized spacial score (nSPS) is 23.6. The Morgan fingerprint density at radius 2 is 1.81 bits per heavy atom. The summed E-state index contributed by atoms with van der Waals surface area (Å²) >= 11 is 0. The van der Waals surface area contributed by atoms with Crippen molar-refractivity contribution in [3.63, 3.8) is 0 Å². The minimum absolute atomic E-state index is 0.0927. The smallest absolute Gasteiger partial charge is 0.241 e. The van der Waals surface area contributed by atoms with Crippen molar-refractivity contribution < 1.29 is 14.7 Å². The van der Waals surface area contributed by atoms with Crippen LogP contribution in [0.15, 0.2) is 30.3 Å². The van der Waals surface area contributed by atoms with Gasteiger partial charge in [0.2, 0.25) is 11.8 Å². The third-order valence-electron chi connectivity index (χ3n) is 5.63. The first-order valence-electron chi connectivity index (χ1n) is 9.54. The predicted molar refractivity (Wildman–Crippen MR) is 99.1 cm³/mol. The van der Waals surface area contributed by atoms with Crippen LogP contribution in [0.1, 0.15) is 44.1 Å². The van der Waals surface area contributed by atoms with Crippen LogP contribution in [-0.4, -0.2) is 58.0 Å². The lowest BCUT2D eigenvalue weighted by atomic mass is 9.82. The quantitative estimate of drug-likeness (QED) is 0.829. The van der Waals surface area contributed by atoms with Gasteiger partial charge in [-0.25, -0.2) is 0 Å². The molecule has 6 heteroatoms. The molecule has 1 aromatic carbocycles. The zero-order valence-corrected chi connectivity index (χ0v) is 15.3. The van der Waals surface area contributed by atoms with E-state index in [9.17, 15) is 14.7 Å². The van der Waals surface area contributed by atoms with Gasteiger partial charge < -0.3 is 15.7 Å². The van der Waals surface area contributed by atoms with Crippen molar-refractivity contribution in [2.45, 2.75) is 56.7 Å². The summed E-state index contributed by atoms with van der Waals surface area (Å²) in [6, 6.07) is 9.43. The number of aliphatic hydroxyl groups is 1. The van der Waals surface area contributed by atoms with Gasteiger partial charge in [-0.3, -0.25) is 14.5 Å². The lowest BCUT2D eigenvalue weighted by Gasteiger charge is -2.41. The van der Waals surface area contributed by atoms with Gasteiger partial charge in [0.05, 0.1) is 12.0 Å². The highest BCUT2D eigenvalue weighted by Crippen LogP contribution is 2.31. The fourth-order valence-electron chi connectivity index (χ4n) is 4.14. The first kappa shape index (κ1) is 18.9. The average Bonchev–Trinajstić information content (AvgIpc) is 2.62. The van der Waals surface area contributed by atoms with Crippen LogP contribution in [0.2, 0.25) is 0 Å². The molecule has 26 heavy (non-hydrogen) atoms. The molecule has 1 aliphatic carbocycles. The van der Waals surface area contributed by atoms with Crippen LogP contribution in [0.4, 0.5) is 0 Å². The number of rotatable bonds is 5. The van der Waals surface area contributed by atoms with E-state index >= 15 is 0 Å². The largest absolute Gasteiger partial charge is 0.389 e. The van der Waals surface area contributed by atoms with Gasteiger partial charge >= 0.3 is 0 Å². The Labute approximate surface area is 155 Å². The number of piperazine rings is 1. The first-order valence-corrected chi connectivity index (χ1v) is 9.54. The molecule has 3 N–H and O–H groups in total. The highest BCUT2D eigenvalue weighted by atomic mass is 16.3. The molecule has 1 saturated heterocycles. The van der Waals surface area contributed by atoms with Gasteiger partial charge in [-0.2, -0.15) is 0 Å². The fraction of sp³-hybridized carbons (Fsp3) is 0.600. The third kappa shape index (κ3) is 4.62. The Hall–Kier alpha value is -1.92. The number of nitrogens with zero attached hydrogens (tertiary/aromatic N) is 2. The zero-order chi connectivity index (χ0) is 18.6. The number of primary amides is 1. The molecule has 1 unspecified atom stereocenters. The van der Waals surface area contributed by atoms with Crippen LogP contribution in [0, 0.1) is 0 Å². The van der Waals surface area contributed by atoms with Crippen LogP contribution in [0.25, 0.3) is 0 Å². The van der Waals surface area contributed by atoms with Crippen molar-refractivity contribution in [2.75, 3.05) is 19.6 Å². The van der Waals surface area contributed by atoms with Gasteiger partial charge in [-0.05, 0) is 18.4 Å². The van der Waals surface area contributed by atoms with Gasteiger partial charge in [-0.1, -0.05) is 49.6 Å². The molecule has 142 valence electrons. The van der Waals surface area contributed by atoms with E-state index in [1.165, 1.54) is 5.56 Å². The minimum Gasteiger partial charge on any atom is -0.389 e. The molecule has 0 radical (unpaired) electrons. The number of nitrogens with two attached hydrogens (primary N) is 1. The molecule has 2 amide bonds. The molecule has 0 bridgehead atoms. The van der Waals surface area contributed by atoms with Gasteiger partial charge in [0.15, 0.2) is 0 Å². The van der Waals surface area contributed by atoms with Gasteiger partial charge in [0, 0.05) is 26.2 Å². The van der Waals surface area contributed by atoms with Gasteiger partial charge in [0.25, 0.3) is 0 Å². The third-order valence-corrected chi connectivity index (χ3v) is 5.63. The monoisotopic (exact) mass is 359 g/mol. The number of hydrogen-bond acceptors (Lipinski definition) is 4. The summed E-state index contributed by atoms with van der Waals surface area (Å²) in [5.41, 5.74) is 5.85. The molecule has 0 spiro atoms. The van der Waals surface area contributed by atoms with E-state index in [1.54, 1.807) is 4.90 Å². The molecule has 1 aromatic rings. The summed E-state index contributed by atoms with van der Waals surface area (Å²) < 4.78 is 0.